The molecule has 0 radical (unpaired) electrons. The first kappa shape index (κ1) is 21.8. The van der Waals surface area contributed by atoms with Gasteiger partial charge < -0.3 is 20.7 Å². The zero-order valence-corrected chi connectivity index (χ0v) is 18.5. The Hall–Kier alpha value is -1.86. The highest BCUT2D eigenvalue weighted by Crippen LogP contribution is 2.22. The first-order valence-corrected chi connectivity index (χ1v) is 10.7. The van der Waals surface area contributed by atoms with Crippen LogP contribution in [-0.2, 0) is 13.1 Å². The molecular weight excluding hydrogens is 454 g/mol. The zero-order valence-electron chi connectivity index (χ0n) is 16.1. The Kier molecular flexibility index (Phi) is 8.12. The Labute approximate surface area is 185 Å². The molecule has 0 spiro atoms. The Morgan fingerprint density at radius 2 is 2.10 bits per heavy atom. The van der Waals surface area contributed by atoms with Crippen molar-refractivity contribution in [2.45, 2.75) is 13.1 Å². The highest BCUT2D eigenvalue weighted by Gasteiger charge is 2.16. The molecule has 0 atom stereocenters. The monoisotopic (exact) mass is 477 g/mol. The van der Waals surface area contributed by atoms with Crippen LogP contribution >= 0.6 is 27.5 Å². The molecule has 1 heterocycles. The molecule has 1 fully saturated rings. The lowest BCUT2D eigenvalue weighted by Gasteiger charge is -2.27. The fourth-order valence-corrected chi connectivity index (χ4v) is 3.81. The van der Waals surface area contributed by atoms with Gasteiger partial charge in [0, 0.05) is 47.8 Å². The van der Waals surface area contributed by atoms with Gasteiger partial charge in [0.1, 0.15) is 12.4 Å². The van der Waals surface area contributed by atoms with Gasteiger partial charge in [0.2, 0.25) is 0 Å². The van der Waals surface area contributed by atoms with Crippen molar-refractivity contribution in [2.24, 2.45) is 5.92 Å². The van der Waals surface area contributed by atoms with Crippen molar-refractivity contribution in [1.82, 2.24) is 16.0 Å². The summed E-state index contributed by atoms with van der Waals surface area (Å²) in [5.41, 5.74) is 2.54. The standard InChI is InChI=1S/C22H25BrClN3O2/c1-2-5-29-20-7-15(10-25-11-16-12-26-13-16)6-18(8-20)22(28)27-14-17-3-4-19(24)9-21(17)23/h2-4,6-9,16,25-26H,1,5,10-14H2,(H,27,28). The van der Waals surface area contributed by atoms with Gasteiger partial charge in [-0.2, -0.15) is 0 Å². The summed E-state index contributed by atoms with van der Waals surface area (Å²) in [7, 11) is 0. The molecule has 1 aliphatic rings. The van der Waals surface area contributed by atoms with Crippen LogP contribution in [0, 0.1) is 5.92 Å². The van der Waals surface area contributed by atoms with Crippen LogP contribution in [0.25, 0.3) is 0 Å². The maximum Gasteiger partial charge on any atom is 0.251 e. The fourth-order valence-electron chi connectivity index (χ4n) is 2.99. The number of rotatable bonds is 10. The predicted molar refractivity (Wildman–Crippen MR) is 121 cm³/mol. The molecule has 154 valence electrons. The van der Waals surface area contributed by atoms with Crippen LogP contribution in [0.3, 0.4) is 0 Å². The Morgan fingerprint density at radius 3 is 2.79 bits per heavy atom. The van der Waals surface area contributed by atoms with Crippen molar-refractivity contribution < 1.29 is 9.53 Å². The van der Waals surface area contributed by atoms with E-state index in [0.717, 1.165) is 35.2 Å². The van der Waals surface area contributed by atoms with Gasteiger partial charge in [-0.05, 0) is 47.4 Å². The van der Waals surface area contributed by atoms with Gasteiger partial charge in [0.05, 0.1) is 0 Å². The molecule has 0 bridgehead atoms. The van der Waals surface area contributed by atoms with E-state index in [2.05, 4.69) is 38.5 Å². The number of hydrogen-bond donors (Lipinski definition) is 3. The third-order valence-electron chi connectivity index (χ3n) is 4.68. The molecule has 1 saturated heterocycles. The number of carbonyl (C=O) groups excluding carboxylic acids is 1. The molecule has 0 aromatic heterocycles. The van der Waals surface area contributed by atoms with Crippen LogP contribution in [0.5, 0.6) is 5.75 Å². The molecule has 3 N–H and O–H groups in total. The summed E-state index contributed by atoms with van der Waals surface area (Å²) in [6, 6.07) is 11.1. The molecule has 29 heavy (non-hydrogen) atoms. The zero-order chi connectivity index (χ0) is 20.6. The van der Waals surface area contributed by atoms with E-state index < -0.39 is 0 Å². The number of ether oxygens (including phenoxy) is 1. The lowest BCUT2D eigenvalue weighted by atomic mass is 10.0. The molecule has 7 heteroatoms. The van der Waals surface area contributed by atoms with Crippen molar-refractivity contribution in [1.29, 1.82) is 0 Å². The topological polar surface area (TPSA) is 62.4 Å². The third kappa shape index (κ3) is 6.57. The van der Waals surface area contributed by atoms with Gasteiger partial charge >= 0.3 is 0 Å². The average Bonchev–Trinajstić information content (AvgIpc) is 2.67. The Bertz CT molecular complexity index is 871. The van der Waals surface area contributed by atoms with Crippen molar-refractivity contribution in [2.75, 3.05) is 26.2 Å². The van der Waals surface area contributed by atoms with Gasteiger partial charge in [-0.25, -0.2) is 0 Å². The van der Waals surface area contributed by atoms with E-state index in [9.17, 15) is 4.79 Å². The van der Waals surface area contributed by atoms with Crippen LogP contribution in [0.1, 0.15) is 21.5 Å². The summed E-state index contributed by atoms with van der Waals surface area (Å²) < 4.78 is 6.55. The van der Waals surface area contributed by atoms with Gasteiger partial charge in [-0.1, -0.05) is 46.3 Å². The van der Waals surface area contributed by atoms with E-state index in [4.69, 9.17) is 16.3 Å². The van der Waals surface area contributed by atoms with E-state index >= 15 is 0 Å². The molecule has 0 saturated carbocycles. The van der Waals surface area contributed by atoms with Crippen molar-refractivity contribution in [3.63, 3.8) is 0 Å². The van der Waals surface area contributed by atoms with Crippen LogP contribution in [-0.4, -0.2) is 32.1 Å². The first-order valence-electron chi connectivity index (χ1n) is 9.56. The van der Waals surface area contributed by atoms with Gasteiger partial charge in [0.15, 0.2) is 0 Å². The highest BCUT2D eigenvalue weighted by molar-refractivity contribution is 9.10. The Balaban J connectivity index is 1.66. The summed E-state index contributed by atoms with van der Waals surface area (Å²) in [5.74, 6) is 1.18. The molecule has 0 aliphatic carbocycles. The molecule has 2 aromatic rings. The summed E-state index contributed by atoms with van der Waals surface area (Å²) in [5, 5.41) is 10.3. The number of carbonyl (C=O) groups is 1. The fraction of sp³-hybridized carbons (Fsp3) is 0.318. The first-order chi connectivity index (χ1) is 14.0. The number of amides is 1. The summed E-state index contributed by atoms with van der Waals surface area (Å²) in [6.07, 6.45) is 1.69. The number of halogens is 2. The quantitative estimate of drug-likeness (QED) is 0.453. The summed E-state index contributed by atoms with van der Waals surface area (Å²) in [4.78, 5) is 12.8. The second kappa shape index (κ2) is 10.8. The van der Waals surface area contributed by atoms with E-state index in [1.807, 2.05) is 24.3 Å². The molecule has 0 unspecified atom stereocenters. The van der Waals surface area contributed by atoms with E-state index in [1.165, 1.54) is 0 Å². The van der Waals surface area contributed by atoms with Gasteiger partial charge in [-0.15, -0.1) is 0 Å². The second-order valence-corrected chi connectivity index (χ2v) is 8.33. The molecule has 3 rings (SSSR count). The minimum absolute atomic E-state index is 0.152. The molecule has 1 aliphatic heterocycles. The van der Waals surface area contributed by atoms with Gasteiger partial charge in [0.25, 0.3) is 5.91 Å². The van der Waals surface area contributed by atoms with Crippen LogP contribution in [0.4, 0.5) is 0 Å². The molecule has 5 nitrogen and oxygen atoms in total. The van der Waals surface area contributed by atoms with E-state index in [0.29, 0.717) is 41.9 Å². The molecule has 2 aromatic carbocycles. The normalized spacial score (nSPS) is 13.6. The minimum atomic E-state index is -0.152. The van der Waals surface area contributed by atoms with Crippen molar-refractivity contribution in [3.05, 3.63) is 75.2 Å². The maximum absolute atomic E-state index is 12.8. The number of nitrogens with one attached hydrogen (secondary N) is 3. The minimum Gasteiger partial charge on any atom is -0.490 e. The maximum atomic E-state index is 12.8. The largest absolute Gasteiger partial charge is 0.490 e. The highest BCUT2D eigenvalue weighted by atomic mass is 79.9. The number of benzene rings is 2. The van der Waals surface area contributed by atoms with Crippen molar-refractivity contribution in [3.8, 4) is 5.75 Å². The predicted octanol–water partition coefficient (Wildman–Crippen LogP) is 3.91. The van der Waals surface area contributed by atoms with E-state index in [1.54, 1.807) is 18.2 Å². The molecule has 1 amide bonds. The van der Waals surface area contributed by atoms with E-state index in [-0.39, 0.29) is 5.91 Å². The van der Waals surface area contributed by atoms with Crippen molar-refractivity contribution >= 4 is 33.4 Å². The lowest BCUT2D eigenvalue weighted by molar-refractivity contribution is 0.0950. The molecular formula is C22H25BrClN3O2. The Morgan fingerprint density at radius 1 is 1.28 bits per heavy atom. The smallest absolute Gasteiger partial charge is 0.251 e. The average molecular weight is 479 g/mol. The van der Waals surface area contributed by atoms with Gasteiger partial charge in [-0.3, -0.25) is 4.79 Å². The van der Waals surface area contributed by atoms with Crippen LogP contribution < -0.4 is 20.7 Å². The lowest BCUT2D eigenvalue weighted by Crippen LogP contribution is -2.47. The number of hydrogen-bond acceptors (Lipinski definition) is 4. The third-order valence-corrected chi connectivity index (χ3v) is 5.65. The second-order valence-electron chi connectivity index (χ2n) is 7.04. The van der Waals surface area contributed by atoms with Crippen LogP contribution in [0.2, 0.25) is 5.02 Å². The van der Waals surface area contributed by atoms with Crippen LogP contribution in [0.15, 0.2) is 53.5 Å². The summed E-state index contributed by atoms with van der Waals surface area (Å²) >= 11 is 9.46. The summed E-state index contributed by atoms with van der Waals surface area (Å²) in [6.45, 7) is 8.23. The SMILES string of the molecule is C=CCOc1cc(CNCC2CNC2)cc(C(=O)NCc2ccc(Cl)cc2Br)c1.